The third kappa shape index (κ3) is 2.00. The molecule has 4 nitrogen and oxygen atoms in total. The quantitative estimate of drug-likeness (QED) is 0.644. The fourth-order valence-corrected chi connectivity index (χ4v) is 1.33. The van der Waals surface area contributed by atoms with Gasteiger partial charge in [-0.2, -0.15) is 0 Å². The molecular formula is C10H19NO3. The van der Waals surface area contributed by atoms with Crippen molar-refractivity contribution >= 4 is 6.09 Å². The highest BCUT2D eigenvalue weighted by Gasteiger charge is 2.49. The third-order valence-corrected chi connectivity index (χ3v) is 2.48. The standard InChI is InChI=1S/C10H19NO3/c1-9(2,3)14-8(13)11-6-7(12)10(11,4)5/h7,12H,6H2,1-5H3. The zero-order valence-electron chi connectivity index (χ0n) is 9.50. The molecule has 1 fully saturated rings. The Kier molecular flexibility index (Phi) is 2.52. The summed E-state index contributed by atoms with van der Waals surface area (Å²) in [4.78, 5) is 13.1. The molecule has 0 spiro atoms. The summed E-state index contributed by atoms with van der Waals surface area (Å²) in [5, 5.41) is 9.44. The normalized spacial score (nSPS) is 25.6. The zero-order chi connectivity index (χ0) is 11.1. The number of rotatable bonds is 0. The van der Waals surface area contributed by atoms with E-state index < -0.39 is 17.2 Å². The number of carbonyl (C=O) groups excluding carboxylic acids is 1. The number of ether oxygens (including phenoxy) is 1. The Morgan fingerprint density at radius 3 is 2.29 bits per heavy atom. The van der Waals surface area contributed by atoms with E-state index >= 15 is 0 Å². The fourth-order valence-electron chi connectivity index (χ4n) is 1.33. The Labute approximate surface area is 84.8 Å². The molecule has 4 heteroatoms. The lowest BCUT2D eigenvalue weighted by atomic mass is 9.86. The van der Waals surface area contributed by atoms with Crippen LogP contribution in [0.3, 0.4) is 0 Å². The molecule has 1 saturated heterocycles. The van der Waals surface area contributed by atoms with Crippen LogP contribution in [0.4, 0.5) is 4.79 Å². The molecule has 1 heterocycles. The number of carbonyl (C=O) groups is 1. The first-order chi connectivity index (χ1) is 6.14. The average Bonchev–Trinajstić information content (AvgIpc) is 1.96. The van der Waals surface area contributed by atoms with E-state index in [4.69, 9.17) is 4.74 Å². The number of aliphatic hydroxyl groups is 1. The Bertz CT molecular complexity index is 242. The number of aliphatic hydroxyl groups excluding tert-OH is 1. The minimum atomic E-state index is -0.498. The number of hydrogen-bond acceptors (Lipinski definition) is 3. The minimum absolute atomic E-state index is 0.354. The highest BCUT2D eigenvalue weighted by atomic mass is 16.6. The van der Waals surface area contributed by atoms with Crippen molar-refractivity contribution in [1.29, 1.82) is 0 Å². The van der Waals surface area contributed by atoms with Gasteiger partial charge < -0.3 is 9.84 Å². The smallest absolute Gasteiger partial charge is 0.410 e. The molecule has 1 unspecified atom stereocenters. The first-order valence-electron chi connectivity index (χ1n) is 4.83. The van der Waals surface area contributed by atoms with Gasteiger partial charge in [0, 0.05) is 0 Å². The highest BCUT2D eigenvalue weighted by molar-refractivity contribution is 5.70. The molecular weight excluding hydrogens is 182 g/mol. The maximum Gasteiger partial charge on any atom is 0.410 e. The summed E-state index contributed by atoms with van der Waals surface area (Å²) >= 11 is 0. The molecule has 0 aromatic rings. The second-order valence-electron chi connectivity index (χ2n) is 5.26. The van der Waals surface area contributed by atoms with Crippen LogP contribution < -0.4 is 0 Å². The summed E-state index contributed by atoms with van der Waals surface area (Å²) in [6.07, 6.45) is -0.803. The molecule has 1 aliphatic rings. The predicted octanol–water partition coefficient (Wildman–Crippen LogP) is 1.38. The van der Waals surface area contributed by atoms with Crippen LogP contribution in [0, 0.1) is 0 Å². The van der Waals surface area contributed by atoms with E-state index in [1.54, 1.807) is 4.90 Å². The number of likely N-dealkylation sites (tertiary alicyclic amines) is 1. The molecule has 0 aromatic heterocycles. The molecule has 0 bridgehead atoms. The van der Waals surface area contributed by atoms with Gasteiger partial charge in [0.05, 0.1) is 18.2 Å². The first-order valence-corrected chi connectivity index (χ1v) is 4.83. The lowest BCUT2D eigenvalue weighted by Crippen LogP contribution is -2.69. The molecule has 0 aromatic carbocycles. The molecule has 1 atom stereocenters. The summed E-state index contributed by atoms with van der Waals surface area (Å²) in [5.41, 5.74) is -0.976. The largest absolute Gasteiger partial charge is 0.444 e. The molecule has 0 aliphatic carbocycles. The first kappa shape index (κ1) is 11.3. The van der Waals surface area contributed by atoms with E-state index in [1.165, 1.54) is 0 Å². The molecule has 1 rings (SSSR count). The highest BCUT2D eigenvalue weighted by Crippen LogP contribution is 2.31. The van der Waals surface area contributed by atoms with Crippen LogP contribution in [0.2, 0.25) is 0 Å². The third-order valence-electron chi connectivity index (χ3n) is 2.48. The van der Waals surface area contributed by atoms with Gasteiger partial charge in [-0.1, -0.05) is 0 Å². The monoisotopic (exact) mass is 201 g/mol. The van der Waals surface area contributed by atoms with Crippen molar-refractivity contribution in [2.75, 3.05) is 6.54 Å². The van der Waals surface area contributed by atoms with Crippen molar-refractivity contribution in [3.05, 3.63) is 0 Å². The maximum atomic E-state index is 11.6. The second-order valence-corrected chi connectivity index (χ2v) is 5.26. The Balaban J connectivity index is 2.57. The number of β-amino-alcohol motifs (C(OH)–C–C–N with tert-alkyl or cyclic N) is 1. The molecule has 0 radical (unpaired) electrons. The van der Waals surface area contributed by atoms with Gasteiger partial charge in [0.25, 0.3) is 0 Å². The van der Waals surface area contributed by atoms with E-state index in [-0.39, 0.29) is 6.09 Å². The van der Waals surface area contributed by atoms with Crippen molar-refractivity contribution in [2.45, 2.75) is 51.9 Å². The molecule has 1 amide bonds. The van der Waals surface area contributed by atoms with E-state index in [2.05, 4.69) is 0 Å². The van der Waals surface area contributed by atoms with Crippen LogP contribution in [-0.4, -0.2) is 39.9 Å². The molecule has 14 heavy (non-hydrogen) atoms. The van der Waals surface area contributed by atoms with E-state index in [9.17, 15) is 9.90 Å². The van der Waals surface area contributed by atoms with Crippen molar-refractivity contribution in [1.82, 2.24) is 4.90 Å². The van der Waals surface area contributed by atoms with Crippen molar-refractivity contribution in [3.8, 4) is 0 Å². The maximum absolute atomic E-state index is 11.6. The van der Waals surface area contributed by atoms with Gasteiger partial charge >= 0.3 is 6.09 Å². The van der Waals surface area contributed by atoms with Crippen LogP contribution in [0.5, 0.6) is 0 Å². The molecule has 1 N–H and O–H groups in total. The fraction of sp³-hybridized carbons (Fsp3) is 0.900. The molecule has 0 saturated carbocycles. The number of amides is 1. The number of hydrogen-bond donors (Lipinski definition) is 1. The van der Waals surface area contributed by atoms with Gasteiger partial charge in [-0.15, -0.1) is 0 Å². The molecule has 1 aliphatic heterocycles. The Morgan fingerprint density at radius 2 is 2.00 bits per heavy atom. The topological polar surface area (TPSA) is 49.8 Å². The lowest BCUT2D eigenvalue weighted by molar-refractivity contribution is -0.113. The summed E-state index contributed by atoms with van der Waals surface area (Å²) in [6, 6.07) is 0. The minimum Gasteiger partial charge on any atom is -0.444 e. The Morgan fingerprint density at radius 1 is 1.50 bits per heavy atom. The van der Waals surface area contributed by atoms with Crippen LogP contribution in [0.25, 0.3) is 0 Å². The molecule has 82 valence electrons. The van der Waals surface area contributed by atoms with Gasteiger partial charge in [-0.25, -0.2) is 4.79 Å². The van der Waals surface area contributed by atoms with Crippen LogP contribution in [0.15, 0.2) is 0 Å². The zero-order valence-corrected chi connectivity index (χ0v) is 9.50. The number of nitrogens with zero attached hydrogens (tertiary/aromatic N) is 1. The van der Waals surface area contributed by atoms with E-state index in [0.29, 0.717) is 6.54 Å². The summed E-state index contributed by atoms with van der Waals surface area (Å²) < 4.78 is 5.20. The van der Waals surface area contributed by atoms with Crippen molar-refractivity contribution < 1.29 is 14.6 Å². The van der Waals surface area contributed by atoms with Crippen molar-refractivity contribution in [2.24, 2.45) is 0 Å². The van der Waals surface area contributed by atoms with Crippen LogP contribution in [-0.2, 0) is 4.74 Å². The van der Waals surface area contributed by atoms with E-state index in [1.807, 2.05) is 34.6 Å². The SMILES string of the molecule is CC(C)(C)OC(=O)N1CC(O)C1(C)C. The predicted molar refractivity (Wildman–Crippen MR) is 53.0 cm³/mol. The van der Waals surface area contributed by atoms with Gasteiger partial charge in [0.2, 0.25) is 0 Å². The van der Waals surface area contributed by atoms with Crippen molar-refractivity contribution in [3.63, 3.8) is 0 Å². The van der Waals surface area contributed by atoms with E-state index in [0.717, 1.165) is 0 Å². The van der Waals surface area contributed by atoms with Gasteiger partial charge in [0.1, 0.15) is 5.60 Å². The lowest BCUT2D eigenvalue weighted by Gasteiger charge is -2.52. The summed E-state index contributed by atoms with van der Waals surface area (Å²) in [6.45, 7) is 9.49. The second kappa shape index (κ2) is 3.12. The van der Waals surface area contributed by atoms with Gasteiger partial charge in [-0.3, -0.25) is 4.90 Å². The Hall–Kier alpha value is -0.770. The average molecular weight is 201 g/mol. The van der Waals surface area contributed by atoms with Gasteiger partial charge in [0.15, 0.2) is 0 Å². The summed E-state index contributed by atoms with van der Waals surface area (Å²) in [5.74, 6) is 0. The summed E-state index contributed by atoms with van der Waals surface area (Å²) in [7, 11) is 0. The van der Waals surface area contributed by atoms with Gasteiger partial charge in [-0.05, 0) is 34.6 Å². The van der Waals surface area contributed by atoms with Crippen LogP contribution >= 0.6 is 0 Å². The van der Waals surface area contributed by atoms with Crippen LogP contribution in [0.1, 0.15) is 34.6 Å².